The molecule has 9 nitrogen and oxygen atoms in total. The molecule has 2 fully saturated rings. The molecule has 1 atom stereocenters. The summed E-state index contributed by atoms with van der Waals surface area (Å²) in [6.07, 6.45) is 1.30. The highest BCUT2D eigenvalue weighted by atomic mass is 32.2. The maximum atomic E-state index is 14.1. The van der Waals surface area contributed by atoms with Crippen LogP contribution in [0.1, 0.15) is 35.7 Å². The SMILES string of the molecule is Cc1ccc(S(=O)(=O)/N=C(/CN2CCCC2)N2CCN(S(=O)(=O)c3ccc(C)cc3)[C@H]2c2ccc(N(C)C)cc2)cc1. The maximum Gasteiger partial charge on any atom is 0.283 e. The van der Waals surface area contributed by atoms with E-state index in [4.69, 9.17) is 0 Å². The van der Waals surface area contributed by atoms with Gasteiger partial charge in [0.15, 0.2) is 0 Å². The summed E-state index contributed by atoms with van der Waals surface area (Å²) in [5.41, 5.74) is 3.64. The number of benzene rings is 3. The summed E-state index contributed by atoms with van der Waals surface area (Å²) in [5, 5.41) is 0. The number of amidine groups is 1. The highest BCUT2D eigenvalue weighted by molar-refractivity contribution is 7.90. The number of nitrogens with zero attached hydrogens (tertiary/aromatic N) is 5. The molecule has 42 heavy (non-hydrogen) atoms. The Kier molecular flexibility index (Phi) is 8.75. The zero-order chi connectivity index (χ0) is 30.1. The predicted octanol–water partition coefficient (Wildman–Crippen LogP) is 4.26. The van der Waals surface area contributed by atoms with Crippen LogP contribution in [-0.4, -0.2) is 83.6 Å². The Morgan fingerprint density at radius 1 is 0.762 bits per heavy atom. The Balaban J connectivity index is 1.62. The summed E-state index contributed by atoms with van der Waals surface area (Å²) in [6, 6.07) is 21.2. The fourth-order valence-electron chi connectivity index (χ4n) is 5.48. The Morgan fingerprint density at radius 3 is 1.86 bits per heavy atom. The molecule has 5 rings (SSSR count). The first-order valence-corrected chi connectivity index (χ1v) is 17.1. The van der Waals surface area contributed by atoms with Gasteiger partial charge in [0.05, 0.1) is 16.3 Å². The average molecular weight is 610 g/mol. The molecular formula is C31H39N5O4S2. The monoisotopic (exact) mass is 609 g/mol. The summed E-state index contributed by atoms with van der Waals surface area (Å²) < 4.78 is 61.3. The summed E-state index contributed by atoms with van der Waals surface area (Å²) in [6.45, 7) is 6.31. The van der Waals surface area contributed by atoms with E-state index in [-0.39, 0.29) is 16.3 Å². The largest absolute Gasteiger partial charge is 0.378 e. The molecular weight excluding hydrogens is 571 g/mol. The van der Waals surface area contributed by atoms with E-state index in [1.54, 1.807) is 48.5 Å². The van der Waals surface area contributed by atoms with E-state index in [0.29, 0.717) is 18.9 Å². The van der Waals surface area contributed by atoms with Crippen molar-refractivity contribution in [1.29, 1.82) is 0 Å². The Hall–Kier alpha value is -3.25. The molecule has 2 aliphatic rings. The van der Waals surface area contributed by atoms with Gasteiger partial charge in [0.25, 0.3) is 10.0 Å². The Morgan fingerprint density at radius 2 is 1.31 bits per heavy atom. The first-order chi connectivity index (χ1) is 20.0. The lowest BCUT2D eigenvalue weighted by Crippen LogP contribution is -2.42. The van der Waals surface area contributed by atoms with Gasteiger partial charge in [0.1, 0.15) is 12.0 Å². The quantitative estimate of drug-likeness (QED) is 0.278. The summed E-state index contributed by atoms with van der Waals surface area (Å²) >= 11 is 0. The van der Waals surface area contributed by atoms with Crippen molar-refractivity contribution in [2.45, 2.75) is 42.6 Å². The third kappa shape index (κ3) is 6.39. The molecule has 2 heterocycles. The molecule has 3 aromatic rings. The minimum atomic E-state index is -4.04. The van der Waals surface area contributed by atoms with E-state index in [0.717, 1.165) is 48.3 Å². The van der Waals surface area contributed by atoms with Crippen molar-refractivity contribution < 1.29 is 16.8 Å². The lowest BCUT2D eigenvalue weighted by Gasteiger charge is -2.33. The second-order valence-electron chi connectivity index (χ2n) is 11.3. The molecule has 0 amide bonds. The highest BCUT2D eigenvalue weighted by Gasteiger charge is 2.43. The van der Waals surface area contributed by atoms with E-state index < -0.39 is 26.2 Å². The van der Waals surface area contributed by atoms with E-state index in [1.165, 1.54) is 4.31 Å². The third-order valence-electron chi connectivity index (χ3n) is 7.90. The van der Waals surface area contributed by atoms with Crippen LogP contribution in [0.25, 0.3) is 0 Å². The van der Waals surface area contributed by atoms with Crippen molar-refractivity contribution in [2.24, 2.45) is 4.40 Å². The number of hydrogen-bond donors (Lipinski definition) is 0. The third-order valence-corrected chi connectivity index (χ3v) is 11.1. The first-order valence-electron chi connectivity index (χ1n) is 14.2. The molecule has 0 saturated carbocycles. The van der Waals surface area contributed by atoms with Crippen molar-refractivity contribution in [3.63, 3.8) is 0 Å². The molecule has 0 aromatic heterocycles. The number of rotatable bonds is 8. The lowest BCUT2D eigenvalue weighted by molar-refractivity contribution is 0.271. The van der Waals surface area contributed by atoms with Crippen LogP contribution in [-0.2, 0) is 20.0 Å². The van der Waals surface area contributed by atoms with Crippen LogP contribution < -0.4 is 4.90 Å². The number of likely N-dealkylation sites (tertiary alicyclic amines) is 1. The zero-order valence-corrected chi connectivity index (χ0v) is 26.3. The van der Waals surface area contributed by atoms with Crippen LogP contribution >= 0.6 is 0 Å². The standard InChI is InChI=1S/C31H39N5O4S2/c1-24-7-15-28(16-8-24)41(37,38)32-30(23-34-19-5-6-20-34)35-21-22-36(42(39,40)29-17-9-25(2)10-18-29)31(35)26-11-13-27(14-12-26)33(3)4/h7-18,31H,5-6,19-23H2,1-4H3/b32-30-/t31-/m0/s1. The topological polar surface area (TPSA) is 93.6 Å². The van der Waals surface area contributed by atoms with Gasteiger partial charge >= 0.3 is 0 Å². The van der Waals surface area contributed by atoms with Gasteiger partial charge < -0.3 is 9.80 Å². The van der Waals surface area contributed by atoms with Gasteiger partial charge in [-0.3, -0.25) is 4.90 Å². The maximum absolute atomic E-state index is 14.1. The molecule has 0 bridgehead atoms. The zero-order valence-electron chi connectivity index (χ0n) is 24.6. The fraction of sp³-hybridized carbons (Fsp3) is 0.387. The first kappa shape index (κ1) is 30.2. The van der Waals surface area contributed by atoms with Crippen LogP contribution in [0.4, 0.5) is 5.69 Å². The number of aryl methyl sites for hydroxylation is 2. The molecule has 2 saturated heterocycles. The second kappa shape index (κ2) is 12.2. The van der Waals surface area contributed by atoms with Crippen LogP contribution in [0.3, 0.4) is 0 Å². The van der Waals surface area contributed by atoms with Crippen molar-refractivity contribution in [1.82, 2.24) is 14.1 Å². The Labute approximate surface area is 250 Å². The van der Waals surface area contributed by atoms with Crippen LogP contribution in [0, 0.1) is 13.8 Å². The van der Waals surface area contributed by atoms with Gasteiger partial charge in [-0.05, 0) is 81.7 Å². The van der Waals surface area contributed by atoms with Crippen molar-refractivity contribution in [3.8, 4) is 0 Å². The summed E-state index contributed by atoms with van der Waals surface area (Å²) in [7, 11) is -4.06. The number of hydrogen-bond acceptors (Lipinski definition) is 6. The van der Waals surface area contributed by atoms with E-state index in [9.17, 15) is 16.8 Å². The molecule has 224 valence electrons. The molecule has 2 aliphatic heterocycles. The fourth-order valence-corrected chi connectivity index (χ4v) is 8.08. The van der Waals surface area contributed by atoms with Crippen molar-refractivity contribution in [2.75, 3.05) is 51.7 Å². The van der Waals surface area contributed by atoms with Gasteiger partial charge in [-0.2, -0.15) is 12.7 Å². The minimum Gasteiger partial charge on any atom is -0.378 e. The van der Waals surface area contributed by atoms with Crippen LogP contribution in [0.5, 0.6) is 0 Å². The van der Waals surface area contributed by atoms with Crippen LogP contribution in [0.2, 0.25) is 0 Å². The molecule has 0 radical (unpaired) electrons. The smallest absolute Gasteiger partial charge is 0.283 e. The summed E-state index contributed by atoms with van der Waals surface area (Å²) in [4.78, 5) is 6.34. The second-order valence-corrected chi connectivity index (χ2v) is 14.8. The van der Waals surface area contributed by atoms with Crippen molar-refractivity contribution >= 4 is 31.6 Å². The van der Waals surface area contributed by atoms with Gasteiger partial charge in [0.2, 0.25) is 10.0 Å². The molecule has 0 unspecified atom stereocenters. The molecule has 0 spiro atoms. The van der Waals surface area contributed by atoms with E-state index in [1.807, 2.05) is 62.0 Å². The van der Waals surface area contributed by atoms with E-state index in [2.05, 4.69) is 9.30 Å². The van der Waals surface area contributed by atoms with E-state index >= 15 is 0 Å². The predicted molar refractivity (Wildman–Crippen MR) is 167 cm³/mol. The average Bonchev–Trinajstić information content (AvgIpc) is 3.64. The molecule has 0 N–H and O–H groups in total. The van der Waals surface area contributed by atoms with Crippen molar-refractivity contribution in [3.05, 3.63) is 89.5 Å². The lowest BCUT2D eigenvalue weighted by atomic mass is 10.1. The van der Waals surface area contributed by atoms with Gasteiger partial charge in [-0.25, -0.2) is 8.42 Å². The molecule has 11 heteroatoms. The summed E-state index contributed by atoms with van der Waals surface area (Å²) in [5.74, 6) is 0.348. The highest BCUT2D eigenvalue weighted by Crippen LogP contribution is 2.36. The Bertz CT molecular complexity index is 1630. The van der Waals surface area contributed by atoms with Crippen LogP contribution in [0.15, 0.2) is 87.0 Å². The normalized spacial score (nSPS) is 19.0. The van der Waals surface area contributed by atoms with Gasteiger partial charge in [-0.15, -0.1) is 4.40 Å². The molecule has 0 aliphatic carbocycles. The number of sulfonamides is 2. The molecule has 3 aromatic carbocycles. The van der Waals surface area contributed by atoms with Gasteiger partial charge in [0, 0.05) is 32.9 Å². The van der Waals surface area contributed by atoms with Gasteiger partial charge in [-0.1, -0.05) is 47.5 Å². The minimum absolute atomic E-state index is 0.113. The number of anilines is 1.